The van der Waals surface area contributed by atoms with Crippen molar-refractivity contribution < 1.29 is 9.53 Å². The molecule has 0 spiro atoms. The van der Waals surface area contributed by atoms with Gasteiger partial charge in [0.2, 0.25) is 11.6 Å². The summed E-state index contributed by atoms with van der Waals surface area (Å²) >= 11 is 0. The SMILES string of the molecule is Cc1cnc(C(=O)C2=COCCC2)nc1. The Morgan fingerprint density at radius 3 is 2.73 bits per heavy atom. The Hall–Kier alpha value is -1.71. The fourth-order valence-corrected chi connectivity index (χ4v) is 1.38. The lowest BCUT2D eigenvalue weighted by Gasteiger charge is -2.11. The van der Waals surface area contributed by atoms with Gasteiger partial charge in [-0.3, -0.25) is 4.79 Å². The van der Waals surface area contributed by atoms with Crippen molar-refractivity contribution >= 4 is 5.78 Å². The van der Waals surface area contributed by atoms with E-state index in [1.165, 1.54) is 6.26 Å². The van der Waals surface area contributed by atoms with Crippen molar-refractivity contribution in [3.8, 4) is 0 Å². The van der Waals surface area contributed by atoms with E-state index in [4.69, 9.17) is 4.74 Å². The van der Waals surface area contributed by atoms with E-state index in [1.807, 2.05) is 6.92 Å². The lowest BCUT2D eigenvalue weighted by molar-refractivity contribution is 0.1000. The van der Waals surface area contributed by atoms with Crippen molar-refractivity contribution in [2.24, 2.45) is 0 Å². The molecule has 2 rings (SSSR count). The molecule has 0 aromatic carbocycles. The van der Waals surface area contributed by atoms with Gasteiger partial charge in [0.1, 0.15) is 0 Å². The number of hydrogen-bond donors (Lipinski definition) is 0. The van der Waals surface area contributed by atoms with E-state index in [0.717, 1.165) is 18.4 Å². The van der Waals surface area contributed by atoms with Crippen LogP contribution in [0, 0.1) is 6.92 Å². The number of carbonyl (C=O) groups is 1. The number of Topliss-reactive ketones (excluding diaryl/α,β-unsaturated/α-hetero) is 1. The van der Waals surface area contributed by atoms with Crippen LogP contribution in [0.1, 0.15) is 29.0 Å². The summed E-state index contributed by atoms with van der Waals surface area (Å²) in [6.07, 6.45) is 6.43. The summed E-state index contributed by atoms with van der Waals surface area (Å²) in [6, 6.07) is 0. The molecule has 0 saturated heterocycles. The summed E-state index contributed by atoms with van der Waals surface area (Å²) in [5.41, 5.74) is 1.60. The molecule has 0 saturated carbocycles. The summed E-state index contributed by atoms with van der Waals surface area (Å²) in [5, 5.41) is 0. The number of aryl methyl sites for hydroxylation is 1. The van der Waals surface area contributed by atoms with Gasteiger partial charge in [-0.1, -0.05) is 0 Å². The van der Waals surface area contributed by atoms with Gasteiger partial charge in [0.25, 0.3) is 0 Å². The number of allylic oxidation sites excluding steroid dienone is 1. The van der Waals surface area contributed by atoms with Crippen molar-refractivity contribution in [2.45, 2.75) is 19.8 Å². The largest absolute Gasteiger partial charge is 0.501 e. The topological polar surface area (TPSA) is 52.1 Å². The van der Waals surface area contributed by atoms with Crippen LogP contribution in [0.15, 0.2) is 24.2 Å². The summed E-state index contributed by atoms with van der Waals surface area (Å²) < 4.78 is 5.11. The number of aromatic nitrogens is 2. The first-order valence-corrected chi connectivity index (χ1v) is 4.91. The highest BCUT2D eigenvalue weighted by Crippen LogP contribution is 2.15. The molecule has 2 heterocycles. The molecule has 1 aromatic heterocycles. The molecule has 1 aromatic rings. The Balaban J connectivity index is 2.20. The maximum atomic E-state index is 11.8. The van der Waals surface area contributed by atoms with Gasteiger partial charge in [0, 0.05) is 18.0 Å². The summed E-state index contributed by atoms with van der Waals surface area (Å²) in [5.74, 6) is 0.118. The molecule has 0 atom stereocenters. The number of ether oxygens (including phenoxy) is 1. The fraction of sp³-hybridized carbons (Fsp3) is 0.364. The van der Waals surface area contributed by atoms with Gasteiger partial charge in [-0.2, -0.15) is 0 Å². The van der Waals surface area contributed by atoms with Gasteiger partial charge in [-0.15, -0.1) is 0 Å². The van der Waals surface area contributed by atoms with E-state index in [2.05, 4.69) is 9.97 Å². The molecule has 0 amide bonds. The Kier molecular flexibility index (Phi) is 2.76. The van der Waals surface area contributed by atoms with Crippen molar-refractivity contribution in [2.75, 3.05) is 6.61 Å². The monoisotopic (exact) mass is 204 g/mol. The van der Waals surface area contributed by atoms with Crippen LogP contribution < -0.4 is 0 Å². The first-order chi connectivity index (χ1) is 7.27. The molecule has 0 aliphatic carbocycles. The normalized spacial score (nSPS) is 15.4. The zero-order valence-corrected chi connectivity index (χ0v) is 8.56. The Morgan fingerprint density at radius 2 is 2.13 bits per heavy atom. The van der Waals surface area contributed by atoms with Crippen LogP contribution in [-0.4, -0.2) is 22.4 Å². The molecule has 4 heteroatoms. The number of hydrogen-bond acceptors (Lipinski definition) is 4. The van der Waals surface area contributed by atoms with Gasteiger partial charge < -0.3 is 4.74 Å². The van der Waals surface area contributed by atoms with Crippen molar-refractivity contribution in [3.05, 3.63) is 35.6 Å². The van der Waals surface area contributed by atoms with Gasteiger partial charge in [0.15, 0.2) is 0 Å². The van der Waals surface area contributed by atoms with Gasteiger partial charge >= 0.3 is 0 Å². The maximum absolute atomic E-state index is 11.8. The molecule has 1 aliphatic heterocycles. The standard InChI is InChI=1S/C11H12N2O2/c1-8-5-12-11(13-6-8)10(14)9-3-2-4-15-7-9/h5-7H,2-4H2,1H3. The Labute approximate surface area is 88.0 Å². The third kappa shape index (κ3) is 2.21. The van der Waals surface area contributed by atoms with Crippen LogP contribution in [0.3, 0.4) is 0 Å². The van der Waals surface area contributed by atoms with E-state index in [-0.39, 0.29) is 11.6 Å². The van der Waals surface area contributed by atoms with Crippen molar-refractivity contribution in [3.63, 3.8) is 0 Å². The molecule has 78 valence electrons. The van der Waals surface area contributed by atoms with Crippen LogP contribution in [0.4, 0.5) is 0 Å². The summed E-state index contributed by atoms with van der Waals surface area (Å²) in [7, 11) is 0. The predicted molar refractivity (Wildman–Crippen MR) is 54.4 cm³/mol. The zero-order chi connectivity index (χ0) is 10.7. The van der Waals surface area contributed by atoms with Crippen molar-refractivity contribution in [1.29, 1.82) is 0 Å². The smallest absolute Gasteiger partial charge is 0.229 e. The number of ketones is 1. The highest BCUT2D eigenvalue weighted by atomic mass is 16.5. The van der Waals surface area contributed by atoms with Gasteiger partial charge in [-0.05, 0) is 25.3 Å². The molecule has 15 heavy (non-hydrogen) atoms. The molecule has 0 bridgehead atoms. The van der Waals surface area contributed by atoms with E-state index in [0.29, 0.717) is 12.2 Å². The third-order valence-corrected chi connectivity index (χ3v) is 2.21. The average molecular weight is 204 g/mol. The van der Waals surface area contributed by atoms with Crippen molar-refractivity contribution in [1.82, 2.24) is 9.97 Å². The molecular formula is C11H12N2O2. The molecule has 1 aliphatic rings. The third-order valence-electron chi connectivity index (χ3n) is 2.21. The predicted octanol–water partition coefficient (Wildman–Crippen LogP) is 1.66. The molecule has 0 N–H and O–H groups in total. The molecule has 0 unspecified atom stereocenters. The first-order valence-electron chi connectivity index (χ1n) is 4.91. The van der Waals surface area contributed by atoms with E-state index in [9.17, 15) is 4.79 Å². The number of carbonyl (C=O) groups excluding carboxylic acids is 1. The lowest BCUT2D eigenvalue weighted by Crippen LogP contribution is -2.12. The Bertz CT molecular complexity index is 396. The van der Waals surface area contributed by atoms with E-state index >= 15 is 0 Å². The number of rotatable bonds is 2. The minimum atomic E-state index is -0.130. The second-order valence-electron chi connectivity index (χ2n) is 3.53. The van der Waals surface area contributed by atoms with Gasteiger partial charge in [0.05, 0.1) is 12.9 Å². The van der Waals surface area contributed by atoms with E-state index in [1.54, 1.807) is 12.4 Å². The van der Waals surface area contributed by atoms with Crippen LogP contribution in [0.25, 0.3) is 0 Å². The minimum absolute atomic E-state index is 0.130. The highest BCUT2D eigenvalue weighted by molar-refractivity contribution is 6.05. The van der Waals surface area contributed by atoms with Crippen LogP contribution in [-0.2, 0) is 4.74 Å². The highest BCUT2D eigenvalue weighted by Gasteiger charge is 2.17. The molecular weight excluding hydrogens is 192 g/mol. The van der Waals surface area contributed by atoms with Crippen LogP contribution >= 0.6 is 0 Å². The molecule has 0 radical (unpaired) electrons. The first kappa shape index (κ1) is 9.83. The van der Waals surface area contributed by atoms with Gasteiger partial charge in [-0.25, -0.2) is 9.97 Å². The number of nitrogens with zero attached hydrogens (tertiary/aromatic N) is 2. The second kappa shape index (κ2) is 4.21. The fourth-order valence-electron chi connectivity index (χ4n) is 1.38. The zero-order valence-electron chi connectivity index (χ0n) is 8.56. The van der Waals surface area contributed by atoms with E-state index < -0.39 is 0 Å². The summed E-state index contributed by atoms with van der Waals surface area (Å²) in [4.78, 5) is 19.8. The molecule has 4 nitrogen and oxygen atoms in total. The van der Waals surface area contributed by atoms with Crippen LogP contribution in [0.5, 0.6) is 0 Å². The minimum Gasteiger partial charge on any atom is -0.501 e. The Morgan fingerprint density at radius 1 is 1.40 bits per heavy atom. The molecule has 0 fully saturated rings. The maximum Gasteiger partial charge on any atom is 0.229 e. The quantitative estimate of drug-likeness (QED) is 0.687. The second-order valence-corrected chi connectivity index (χ2v) is 3.53. The van der Waals surface area contributed by atoms with Crippen LogP contribution in [0.2, 0.25) is 0 Å². The lowest BCUT2D eigenvalue weighted by atomic mass is 10.1. The summed E-state index contributed by atoms with van der Waals surface area (Å²) in [6.45, 7) is 2.57. The average Bonchev–Trinajstić information content (AvgIpc) is 2.30.